The van der Waals surface area contributed by atoms with Gasteiger partial charge in [-0.25, -0.2) is 0 Å². The quantitative estimate of drug-likeness (QED) is 0.893. The van der Waals surface area contributed by atoms with Crippen molar-refractivity contribution in [2.24, 2.45) is 5.92 Å². The minimum atomic E-state index is 0.194. The molecule has 2 aliphatic rings. The second kappa shape index (κ2) is 5.72. The highest BCUT2D eigenvalue weighted by atomic mass is 35.5. The van der Waals surface area contributed by atoms with E-state index in [2.05, 4.69) is 18.4 Å². The normalized spacial score (nSPS) is 27.8. The van der Waals surface area contributed by atoms with Crippen LogP contribution in [0.4, 0.5) is 0 Å². The monoisotopic (exact) mass is 299 g/mol. The van der Waals surface area contributed by atoms with E-state index in [0.717, 1.165) is 17.4 Å². The van der Waals surface area contributed by atoms with Gasteiger partial charge in [0.15, 0.2) is 0 Å². The molecule has 0 radical (unpaired) electrons. The molecule has 1 saturated heterocycles. The standard InChI is InChI=1S/C15H22ClNOS/c1-17-14(12-4-5-13(16)19-12)11-6-9-18-15(10-11)7-2-3-8-15/h4-5,11,14,17H,2-3,6-10H2,1H3. The lowest BCUT2D eigenvalue weighted by Crippen LogP contribution is -2.41. The van der Waals surface area contributed by atoms with E-state index in [1.165, 1.54) is 37.0 Å². The van der Waals surface area contributed by atoms with Gasteiger partial charge in [0.1, 0.15) is 0 Å². The third kappa shape index (κ3) is 2.85. The third-order valence-corrected chi connectivity index (χ3v) is 6.04. The summed E-state index contributed by atoms with van der Waals surface area (Å²) in [5.74, 6) is 0.673. The van der Waals surface area contributed by atoms with Crippen molar-refractivity contribution in [3.8, 4) is 0 Å². The summed E-state index contributed by atoms with van der Waals surface area (Å²) in [4.78, 5) is 1.37. The highest BCUT2D eigenvalue weighted by molar-refractivity contribution is 7.16. The SMILES string of the molecule is CNC(c1ccc(Cl)s1)C1CCOC2(CCCC2)C1. The average Bonchev–Trinajstić information content (AvgIpc) is 3.01. The molecular weight excluding hydrogens is 278 g/mol. The van der Waals surface area contributed by atoms with Crippen molar-refractivity contribution in [2.75, 3.05) is 13.7 Å². The zero-order valence-electron chi connectivity index (χ0n) is 11.5. The molecule has 1 aliphatic carbocycles. The van der Waals surface area contributed by atoms with Crippen LogP contribution in [0.15, 0.2) is 12.1 Å². The third-order valence-electron chi connectivity index (χ3n) is 4.73. The van der Waals surface area contributed by atoms with Crippen LogP contribution in [0.1, 0.15) is 49.4 Å². The van der Waals surface area contributed by atoms with Crippen LogP contribution in [-0.2, 0) is 4.74 Å². The molecule has 2 atom stereocenters. The summed E-state index contributed by atoms with van der Waals surface area (Å²) in [5.41, 5.74) is 0.194. The predicted molar refractivity (Wildman–Crippen MR) is 81.0 cm³/mol. The molecule has 0 amide bonds. The number of halogens is 1. The fraction of sp³-hybridized carbons (Fsp3) is 0.733. The first-order chi connectivity index (χ1) is 9.22. The molecule has 2 nitrogen and oxygen atoms in total. The summed E-state index contributed by atoms with van der Waals surface area (Å²) < 4.78 is 7.03. The predicted octanol–water partition coefficient (Wildman–Crippen LogP) is 4.40. The molecule has 1 saturated carbocycles. The molecule has 1 aromatic heterocycles. The zero-order valence-corrected chi connectivity index (χ0v) is 13.0. The smallest absolute Gasteiger partial charge is 0.0931 e. The molecule has 106 valence electrons. The first kappa shape index (κ1) is 13.9. The summed E-state index contributed by atoms with van der Waals surface area (Å²) in [6.07, 6.45) is 7.54. The Labute approximate surface area is 124 Å². The van der Waals surface area contributed by atoms with Gasteiger partial charge in [0, 0.05) is 17.5 Å². The van der Waals surface area contributed by atoms with E-state index < -0.39 is 0 Å². The number of hydrogen-bond donors (Lipinski definition) is 1. The van der Waals surface area contributed by atoms with Gasteiger partial charge in [-0.05, 0) is 50.8 Å². The van der Waals surface area contributed by atoms with Crippen LogP contribution < -0.4 is 5.32 Å². The number of thiophene rings is 1. The Bertz CT molecular complexity index is 428. The van der Waals surface area contributed by atoms with Crippen LogP contribution in [0, 0.1) is 5.92 Å². The second-order valence-corrected chi connectivity index (χ2v) is 7.65. The molecule has 1 spiro atoms. The van der Waals surface area contributed by atoms with Crippen molar-refractivity contribution in [1.82, 2.24) is 5.32 Å². The Balaban J connectivity index is 1.76. The molecule has 2 unspecified atom stereocenters. The highest BCUT2D eigenvalue weighted by Gasteiger charge is 2.42. The molecule has 19 heavy (non-hydrogen) atoms. The summed E-state index contributed by atoms with van der Waals surface area (Å²) in [5, 5.41) is 3.50. The Hall–Kier alpha value is -0.0900. The highest BCUT2D eigenvalue weighted by Crippen LogP contribution is 2.46. The van der Waals surface area contributed by atoms with E-state index in [1.807, 2.05) is 6.07 Å². The van der Waals surface area contributed by atoms with Gasteiger partial charge >= 0.3 is 0 Å². The first-order valence-electron chi connectivity index (χ1n) is 7.29. The van der Waals surface area contributed by atoms with Gasteiger partial charge in [0.25, 0.3) is 0 Å². The van der Waals surface area contributed by atoms with Crippen LogP contribution in [0.5, 0.6) is 0 Å². The van der Waals surface area contributed by atoms with Gasteiger partial charge in [0.2, 0.25) is 0 Å². The van der Waals surface area contributed by atoms with Gasteiger partial charge in [0.05, 0.1) is 9.94 Å². The first-order valence-corrected chi connectivity index (χ1v) is 8.48. The Morgan fingerprint density at radius 2 is 2.21 bits per heavy atom. The van der Waals surface area contributed by atoms with Crippen molar-refractivity contribution >= 4 is 22.9 Å². The summed E-state index contributed by atoms with van der Waals surface area (Å²) in [6, 6.07) is 4.61. The molecular formula is C15H22ClNOS. The minimum Gasteiger partial charge on any atom is -0.375 e. The maximum Gasteiger partial charge on any atom is 0.0931 e. The van der Waals surface area contributed by atoms with E-state index in [4.69, 9.17) is 16.3 Å². The van der Waals surface area contributed by atoms with Crippen molar-refractivity contribution in [3.05, 3.63) is 21.3 Å². The van der Waals surface area contributed by atoms with E-state index >= 15 is 0 Å². The maximum absolute atomic E-state index is 6.14. The Morgan fingerprint density at radius 3 is 2.84 bits per heavy atom. The number of nitrogens with one attached hydrogen (secondary N) is 1. The Morgan fingerprint density at radius 1 is 1.42 bits per heavy atom. The maximum atomic E-state index is 6.14. The lowest BCUT2D eigenvalue weighted by molar-refractivity contribution is -0.0977. The lowest BCUT2D eigenvalue weighted by atomic mass is 9.80. The minimum absolute atomic E-state index is 0.194. The van der Waals surface area contributed by atoms with Gasteiger partial charge in [-0.2, -0.15) is 0 Å². The van der Waals surface area contributed by atoms with Crippen LogP contribution in [0.25, 0.3) is 0 Å². The van der Waals surface area contributed by atoms with E-state index in [-0.39, 0.29) is 5.60 Å². The average molecular weight is 300 g/mol. The summed E-state index contributed by atoms with van der Waals surface area (Å²) >= 11 is 7.79. The van der Waals surface area contributed by atoms with Crippen molar-refractivity contribution in [3.63, 3.8) is 0 Å². The van der Waals surface area contributed by atoms with Crippen molar-refractivity contribution in [2.45, 2.75) is 50.2 Å². The van der Waals surface area contributed by atoms with Gasteiger partial charge in [-0.3, -0.25) is 0 Å². The molecule has 3 rings (SSSR count). The van der Waals surface area contributed by atoms with Gasteiger partial charge in [-0.1, -0.05) is 24.4 Å². The number of ether oxygens (including phenoxy) is 1. The van der Waals surface area contributed by atoms with Crippen LogP contribution in [0.2, 0.25) is 4.34 Å². The molecule has 1 aromatic rings. The molecule has 4 heteroatoms. The molecule has 2 heterocycles. The molecule has 0 bridgehead atoms. The van der Waals surface area contributed by atoms with Gasteiger partial charge in [-0.15, -0.1) is 11.3 Å². The fourth-order valence-corrected chi connectivity index (χ4v) is 5.09. The largest absolute Gasteiger partial charge is 0.375 e. The fourth-order valence-electron chi connectivity index (χ4n) is 3.82. The number of hydrogen-bond acceptors (Lipinski definition) is 3. The molecule has 1 N–H and O–H groups in total. The van der Waals surface area contributed by atoms with E-state index in [0.29, 0.717) is 12.0 Å². The second-order valence-electron chi connectivity index (χ2n) is 5.90. The summed E-state index contributed by atoms with van der Waals surface area (Å²) in [7, 11) is 2.06. The molecule has 0 aromatic carbocycles. The zero-order chi connectivity index (χ0) is 13.3. The molecule has 1 aliphatic heterocycles. The van der Waals surface area contributed by atoms with Gasteiger partial charge < -0.3 is 10.1 Å². The van der Waals surface area contributed by atoms with Crippen molar-refractivity contribution in [1.29, 1.82) is 0 Å². The Kier molecular flexibility index (Phi) is 4.18. The van der Waals surface area contributed by atoms with Crippen LogP contribution >= 0.6 is 22.9 Å². The van der Waals surface area contributed by atoms with E-state index in [9.17, 15) is 0 Å². The topological polar surface area (TPSA) is 21.3 Å². The lowest BCUT2D eigenvalue weighted by Gasteiger charge is -2.41. The summed E-state index contributed by atoms with van der Waals surface area (Å²) in [6.45, 7) is 0.919. The van der Waals surface area contributed by atoms with E-state index in [1.54, 1.807) is 11.3 Å². The molecule has 2 fully saturated rings. The van der Waals surface area contributed by atoms with Crippen LogP contribution in [0.3, 0.4) is 0 Å². The number of rotatable bonds is 3. The van der Waals surface area contributed by atoms with Crippen molar-refractivity contribution < 1.29 is 4.74 Å². The van der Waals surface area contributed by atoms with Crippen LogP contribution in [-0.4, -0.2) is 19.3 Å².